The van der Waals surface area contributed by atoms with E-state index in [-0.39, 0.29) is 16.6 Å². The Balaban J connectivity index is 1.37. The summed E-state index contributed by atoms with van der Waals surface area (Å²) < 4.78 is 31.3. The number of sulfone groups is 1. The molecule has 1 amide bonds. The van der Waals surface area contributed by atoms with Crippen molar-refractivity contribution >= 4 is 15.7 Å². The van der Waals surface area contributed by atoms with Crippen LogP contribution in [0.3, 0.4) is 0 Å². The summed E-state index contributed by atoms with van der Waals surface area (Å²) in [6, 6.07) is 23.8. The minimum Gasteiger partial charge on any atom is -0.441 e. The first kappa shape index (κ1) is 24.4. The third-order valence-electron chi connectivity index (χ3n) is 5.76. The van der Waals surface area contributed by atoms with Crippen molar-refractivity contribution in [1.29, 1.82) is 0 Å². The molecule has 1 heterocycles. The Morgan fingerprint density at radius 3 is 2.29 bits per heavy atom. The predicted octanol–water partition coefficient (Wildman–Crippen LogP) is 5.29. The van der Waals surface area contributed by atoms with Crippen molar-refractivity contribution < 1.29 is 17.6 Å². The van der Waals surface area contributed by atoms with Gasteiger partial charge in [-0.3, -0.25) is 4.79 Å². The van der Waals surface area contributed by atoms with E-state index in [1.807, 2.05) is 25.1 Å². The van der Waals surface area contributed by atoms with Crippen LogP contribution < -0.4 is 5.32 Å². The molecule has 0 atom stereocenters. The number of amides is 1. The van der Waals surface area contributed by atoms with Crippen molar-refractivity contribution in [2.75, 3.05) is 6.54 Å². The van der Waals surface area contributed by atoms with Crippen LogP contribution in [0, 0.1) is 13.8 Å². The van der Waals surface area contributed by atoms with Gasteiger partial charge in [-0.1, -0.05) is 48.0 Å². The number of hydrogen-bond acceptors (Lipinski definition) is 5. The molecule has 7 heteroatoms. The van der Waals surface area contributed by atoms with Gasteiger partial charge in [0.1, 0.15) is 11.5 Å². The molecule has 0 saturated heterocycles. The molecule has 0 saturated carbocycles. The smallest absolute Gasteiger partial charge is 0.251 e. The van der Waals surface area contributed by atoms with Crippen LogP contribution in [0.15, 0.2) is 88.2 Å². The van der Waals surface area contributed by atoms with E-state index in [9.17, 15) is 13.2 Å². The Bertz CT molecular complexity index is 1390. The third-order valence-corrected chi connectivity index (χ3v) is 7.41. The average Bonchev–Trinajstić information content (AvgIpc) is 3.22. The zero-order chi connectivity index (χ0) is 24.8. The molecule has 4 rings (SSSR count). The molecule has 4 aromatic rings. The topological polar surface area (TPSA) is 89.3 Å². The van der Waals surface area contributed by atoms with Gasteiger partial charge in [0.15, 0.2) is 9.84 Å². The molecule has 0 aliphatic carbocycles. The number of carbonyl (C=O) groups excluding carboxylic acids is 1. The minimum atomic E-state index is -3.54. The van der Waals surface area contributed by atoms with E-state index in [4.69, 9.17) is 4.42 Å². The van der Waals surface area contributed by atoms with Gasteiger partial charge < -0.3 is 9.73 Å². The van der Waals surface area contributed by atoms with E-state index >= 15 is 0 Å². The lowest BCUT2D eigenvalue weighted by molar-refractivity contribution is 0.0953. The lowest BCUT2D eigenvalue weighted by Gasteiger charge is -2.06. The number of rotatable bonds is 9. The van der Waals surface area contributed by atoms with E-state index in [0.29, 0.717) is 35.0 Å². The maximum Gasteiger partial charge on any atom is 0.251 e. The summed E-state index contributed by atoms with van der Waals surface area (Å²) in [5.41, 5.74) is 3.83. The maximum atomic E-state index is 12.8. The van der Waals surface area contributed by atoms with Crippen molar-refractivity contribution in [2.24, 2.45) is 0 Å². The van der Waals surface area contributed by atoms with Crippen molar-refractivity contribution in [1.82, 2.24) is 10.3 Å². The molecule has 0 unspecified atom stereocenters. The monoisotopic (exact) mass is 488 g/mol. The first-order valence-electron chi connectivity index (χ1n) is 11.5. The highest BCUT2D eigenvalue weighted by Gasteiger charge is 2.21. The van der Waals surface area contributed by atoms with Crippen LogP contribution in [-0.2, 0) is 22.0 Å². The highest BCUT2D eigenvalue weighted by atomic mass is 32.2. The van der Waals surface area contributed by atoms with E-state index < -0.39 is 9.84 Å². The molecular weight excluding hydrogens is 460 g/mol. The second-order valence-electron chi connectivity index (χ2n) is 8.52. The van der Waals surface area contributed by atoms with Gasteiger partial charge in [0, 0.05) is 17.7 Å². The normalized spacial score (nSPS) is 11.4. The van der Waals surface area contributed by atoms with Crippen LogP contribution in [0.2, 0.25) is 0 Å². The first-order valence-corrected chi connectivity index (χ1v) is 13.2. The van der Waals surface area contributed by atoms with Crippen LogP contribution >= 0.6 is 0 Å². The van der Waals surface area contributed by atoms with Crippen molar-refractivity contribution in [3.63, 3.8) is 0 Å². The van der Waals surface area contributed by atoms with Crippen LogP contribution in [0.4, 0.5) is 0 Å². The van der Waals surface area contributed by atoms with E-state index in [1.165, 1.54) is 5.56 Å². The standard InChI is InChI=1S/C28H28N2O4S/c1-20-10-16-25(17-11-20)35(32,33)19-26-21(2)34-28(30-26)24-14-12-23(13-15-24)27(31)29-18-6-9-22-7-4-3-5-8-22/h3-5,7-8,10-17H,6,9,18-19H2,1-2H3,(H,29,31). The average molecular weight is 489 g/mol. The Morgan fingerprint density at radius 1 is 0.914 bits per heavy atom. The second kappa shape index (κ2) is 10.7. The van der Waals surface area contributed by atoms with E-state index in [1.54, 1.807) is 55.5 Å². The summed E-state index contributed by atoms with van der Waals surface area (Å²) in [4.78, 5) is 17.1. The molecule has 0 bridgehead atoms. The number of aromatic nitrogens is 1. The second-order valence-corrected chi connectivity index (χ2v) is 10.5. The molecular formula is C28H28N2O4S. The molecule has 0 spiro atoms. The number of benzene rings is 3. The SMILES string of the molecule is Cc1ccc(S(=O)(=O)Cc2nc(-c3ccc(C(=O)NCCCc4ccccc4)cc3)oc2C)cc1. The molecule has 180 valence electrons. The van der Waals surface area contributed by atoms with E-state index in [2.05, 4.69) is 22.4 Å². The predicted molar refractivity (Wildman–Crippen MR) is 136 cm³/mol. The lowest BCUT2D eigenvalue weighted by atomic mass is 10.1. The fourth-order valence-corrected chi connectivity index (χ4v) is 5.04. The molecule has 1 N–H and O–H groups in total. The van der Waals surface area contributed by atoms with Crippen molar-refractivity contribution in [3.05, 3.63) is 107 Å². The fourth-order valence-electron chi connectivity index (χ4n) is 3.70. The molecule has 0 fully saturated rings. The number of nitrogens with zero attached hydrogens (tertiary/aromatic N) is 1. The van der Waals surface area contributed by atoms with Gasteiger partial charge in [0.05, 0.1) is 10.6 Å². The Morgan fingerprint density at radius 2 is 1.60 bits per heavy atom. The maximum absolute atomic E-state index is 12.8. The van der Waals surface area contributed by atoms with Gasteiger partial charge in [-0.2, -0.15) is 0 Å². The van der Waals surface area contributed by atoms with Gasteiger partial charge in [-0.05, 0) is 68.7 Å². The van der Waals surface area contributed by atoms with Crippen molar-refractivity contribution in [2.45, 2.75) is 37.3 Å². The lowest BCUT2D eigenvalue weighted by Crippen LogP contribution is -2.24. The number of aryl methyl sites for hydroxylation is 3. The van der Waals surface area contributed by atoms with Gasteiger partial charge in [-0.25, -0.2) is 13.4 Å². The third kappa shape index (κ3) is 6.25. The molecule has 0 radical (unpaired) electrons. The summed E-state index contributed by atoms with van der Waals surface area (Å²) in [7, 11) is -3.54. The molecule has 3 aromatic carbocycles. The highest BCUT2D eigenvalue weighted by Crippen LogP contribution is 2.25. The Labute approximate surface area is 206 Å². The molecule has 6 nitrogen and oxygen atoms in total. The summed E-state index contributed by atoms with van der Waals surface area (Å²) >= 11 is 0. The number of hydrogen-bond donors (Lipinski definition) is 1. The van der Waals surface area contributed by atoms with Crippen molar-refractivity contribution in [3.8, 4) is 11.5 Å². The largest absolute Gasteiger partial charge is 0.441 e. The Kier molecular flexibility index (Phi) is 7.46. The van der Waals surface area contributed by atoms with Crippen LogP contribution in [0.5, 0.6) is 0 Å². The van der Waals surface area contributed by atoms with Crippen LogP contribution in [-0.4, -0.2) is 25.9 Å². The molecule has 0 aliphatic rings. The number of oxazole rings is 1. The Hall–Kier alpha value is -3.71. The first-order chi connectivity index (χ1) is 16.8. The van der Waals surface area contributed by atoms with Crippen LogP contribution in [0.1, 0.15) is 39.4 Å². The summed E-state index contributed by atoms with van der Waals surface area (Å²) in [6.45, 7) is 4.20. The van der Waals surface area contributed by atoms with Gasteiger partial charge in [-0.15, -0.1) is 0 Å². The molecule has 0 aliphatic heterocycles. The number of nitrogens with one attached hydrogen (secondary N) is 1. The molecule has 1 aromatic heterocycles. The number of carbonyl (C=O) groups is 1. The molecule has 35 heavy (non-hydrogen) atoms. The zero-order valence-electron chi connectivity index (χ0n) is 19.8. The van der Waals surface area contributed by atoms with E-state index in [0.717, 1.165) is 18.4 Å². The summed E-state index contributed by atoms with van der Waals surface area (Å²) in [5.74, 6) is 0.398. The minimum absolute atomic E-state index is 0.141. The fraction of sp³-hybridized carbons (Fsp3) is 0.214. The zero-order valence-corrected chi connectivity index (χ0v) is 20.6. The summed E-state index contributed by atoms with van der Waals surface area (Å²) in [5, 5.41) is 2.94. The van der Waals surface area contributed by atoms with Gasteiger partial charge in [0.2, 0.25) is 5.89 Å². The van der Waals surface area contributed by atoms with Gasteiger partial charge in [0.25, 0.3) is 5.91 Å². The highest BCUT2D eigenvalue weighted by molar-refractivity contribution is 7.90. The van der Waals surface area contributed by atoms with Gasteiger partial charge >= 0.3 is 0 Å². The quantitative estimate of drug-likeness (QED) is 0.323. The summed E-state index contributed by atoms with van der Waals surface area (Å²) in [6.07, 6.45) is 1.77. The van der Waals surface area contributed by atoms with Crippen LogP contribution in [0.25, 0.3) is 11.5 Å².